The largest absolute Gasteiger partial charge is 0.375 e. The van der Waals surface area contributed by atoms with E-state index in [1.807, 2.05) is 0 Å². The van der Waals surface area contributed by atoms with Gasteiger partial charge < -0.3 is 14.8 Å². The highest BCUT2D eigenvalue weighted by Crippen LogP contribution is 2.28. The number of thiophene rings is 1. The minimum Gasteiger partial charge on any atom is -0.375 e. The van der Waals surface area contributed by atoms with Crippen LogP contribution in [0.2, 0.25) is 0 Å². The van der Waals surface area contributed by atoms with Gasteiger partial charge in [0.15, 0.2) is 0 Å². The molecule has 0 bridgehead atoms. The zero-order valence-electron chi connectivity index (χ0n) is 11.9. The minimum atomic E-state index is 0.239. The quantitative estimate of drug-likeness (QED) is 0.756. The maximum atomic E-state index is 5.98. The van der Waals surface area contributed by atoms with E-state index in [-0.39, 0.29) is 12.2 Å². The molecule has 2 rings (SSSR count). The van der Waals surface area contributed by atoms with Gasteiger partial charge in [0.2, 0.25) is 0 Å². The van der Waals surface area contributed by atoms with Gasteiger partial charge >= 0.3 is 0 Å². The van der Waals surface area contributed by atoms with E-state index in [4.69, 9.17) is 9.47 Å². The molecule has 0 aliphatic heterocycles. The highest BCUT2D eigenvalue weighted by Gasteiger charge is 2.42. The van der Waals surface area contributed by atoms with Crippen LogP contribution in [0.1, 0.15) is 31.6 Å². The van der Waals surface area contributed by atoms with Crippen LogP contribution in [0.25, 0.3) is 0 Å². The Morgan fingerprint density at radius 2 is 2.21 bits per heavy atom. The summed E-state index contributed by atoms with van der Waals surface area (Å²) in [4.78, 5) is 1.40. The molecule has 0 aromatic carbocycles. The van der Waals surface area contributed by atoms with Crippen molar-refractivity contribution in [3.8, 4) is 0 Å². The van der Waals surface area contributed by atoms with Crippen LogP contribution in [-0.4, -0.2) is 38.0 Å². The van der Waals surface area contributed by atoms with Crippen LogP contribution in [0.5, 0.6) is 0 Å². The average Bonchev–Trinajstić information content (AvgIpc) is 2.90. The van der Waals surface area contributed by atoms with Crippen molar-refractivity contribution in [2.45, 2.75) is 51.4 Å². The fourth-order valence-electron chi connectivity index (χ4n) is 2.45. The first kappa shape index (κ1) is 15.0. The van der Waals surface area contributed by atoms with Crippen molar-refractivity contribution in [1.82, 2.24) is 5.32 Å². The molecule has 1 aromatic rings. The number of likely N-dealkylation sites (N-methyl/N-ethyl adjacent to an activating group) is 1. The summed E-state index contributed by atoms with van der Waals surface area (Å²) in [7, 11) is 0. The van der Waals surface area contributed by atoms with Crippen molar-refractivity contribution in [3.05, 3.63) is 22.4 Å². The molecule has 0 amide bonds. The van der Waals surface area contributed by atoms with Crippen LogP contribution in [-0.2, 0) is 15.9 Å². The van der Waals surface area contributed by atoms with E-state index in [1.54, 1.807) is 11.3 Å². The Morgan fingerprint density at radius 1 is 1.32 bits per heavy atom. The Bertz CT molecular complexity index is 342. The highest BCUT2D eigenvalue weighted by molar-refractivity contribution is 7.09. The lowest BCUT2D eigenvalue weighted by Gasteiger charge is -2.44. The molecule has 1 saturated carbocycles. The Balaban J connectivity index is 1.70. The Kier molecular flexibility index (Phi) is 6.31. The smallest absolute Gasteiger partial charge is 0.0990 e. The molecule has 1 fully saturated rings. The predicted octanol–water partition coefficient (Wildman–Crippen LogP) is 2.85. The molecule has 0 radical (unpaired) electrons. The lowest BCUT2D eigenvalue weighted by molar-refractivity contribution is -0.146. The minimum absolute atomic E-state index is 0.239. The van der Waals surface area contributed by atoms with Gasteiger partial charge in [-0.05, 0) is 30.8 Å². The zero-order valence-corrected chi connectivity index (χ0v) is 12.7. The van der Waals surface area contributed by atoms with Crippen LogP contribution in [0.4, 0.5) is 0 Å². The Labute approximate surface area is 120 Å². The summed E-state index contributed by atoms with van der Waals surface area (Å²) in [6, 6.07) is 4.74. The van der Waals surface area contributed by atoms with Gasteiger partial charge in [0, 0.05) is 23.9 Å². The molecule has 108 valence electrons. The van der Waals surface area contributed by atoms with E-state index in [1.165, 1.54) is 4.88 Å². The molecule has 0 saturated heterocycles. The van der Waals surface area contributed by atoms with Crippen molar-refractivity contribution in [3.63, 3.8) is 0 Å². The summed E-state index contributed by atoms with van der Waals surface area (Å²) >= 11 is 1.80. The molecule has 1 N–H and O–H groups in total. The molecule has 19 heavy (non-hydrogen) atoms. The van der Waals surface area contributed by atoms with Crippen molar-refractivity contribution in [2.75, 3.05) is 19.8 Å². The summed E-state index contributed by atoms with van der Waals surface area (Å²) in [5.41, 5.74) is 0. The molecular weight excluding hydrogens is 258 g/mol. The number of hydrogen-bond donors (Lipinski definition) is 1. The standard InChI is InChI=1S/C15H25NO2S/c1-3-8-18-15-13(16-4-2)11-14(15)17-9-7-12-6-5-10-19-12/h5-6,10,13-16H,3-4,7-9,11H2,1-2H3. The highest BCUT2D eigenvalue weighted by atomic mass is 32.1. The molecule has 1 aliphatic rings. The van der Waals surface area contributed by atoms with E-state index < -0.39 is 0 Å². The molecule has 3 unspecified atom stereocenters. The maximum Gasteiger partial charge on any atom is 0.0990 e. The van der Waals surface area contributed by atoms with Gasteiger partial charge in [-0.2, -0.15) is 0 Å². The average molecular weight is 283 g/mol. The summed E-state index contributed by atoms with van der Waals surface area (Å²) in [6.07, 6.45) is 3.67. The van der Waals surface area contributed by atoms with E-state index in [0.29, 0.717) is 6.04 Å². The molecule has 1 aliphatic carbocycles. The van der Waals surface area contributed by atoms with E-state index in [9.17, 15) is 0 Å². The normalized spacial score (nSPS) is 26.3. The van der Waals surface area contributed by atoms with Crippen LogP contribution in [0.15, 0.2) is 17.5 Å². The second kappa shape index (κ2) is 8.00. The van der Waals surface area contributed by atoms with Crippen LogP contribution >= 0.6 is 11.3 Å². The van der Waals surface area contributed by atoms with E-state index in [2.05, 4.69) is 36.7 Å². The Morgan fingerprint density at radius 3 is 2.89 bits per heavy atom. The van der Waals surface area contributed by atoms with Gasteiger partial charge in [-0.25, -0.2) is 0 Å². The first-order valence-electron chi connectivity index (χ1n) is 7.34. The van der Waals surface area contributed by atoms with Gasteiger partial charge in [-0.1, -0.05) is 19.9 Å². The molecule has 0 spiro atoms. The number of rotatable bonds is 9. The van der Waals surface area contributed by atoms with E-state index >= 15 is 0 Å². The second-order valence-corrected chi connectivity index (χ2v) is 6.01. The predicted molar refractivity (Wildman–Crippen MR) is 79.9 cm³/mol. The third-order valence-electron chi connectivity index (χ3n) is 3.49. The van der Waals surface area contributed by atoms with Crippen molar-refractivity contribution >= 4 is 11.3 Å². The number of hydrogen-bond acceptors (Lipinski definition) is 4. The fourth-order valence-corrected chi connectivity index (χ4v) is 3.14. The molecule has 4 heteroatoms. The van der Waals surface area contributed by atoms with Crippen LogP contribution in [0.3, 0.4) is 0 Å². The van der Waals surface area contributed by atoms with E-state index in [0.717, 1.165) is 39.0 Å². The third kappa shape index (κ3) is 4.28. The summed E-state index contributed by atoms with van der Waals surface area (Å²) in [5, 5.41) is 5.59. The third-order valence-corrected chi connectivity index (χ3v) is 4.43. The number of nitrogens with one attached hydrogen (secondary N) is 1. The number of ether oxygens (including phenoxy) is 2. The SMILES string of the molecule is CCCOC1C(NCC)CC1OCCc1cccs1. The van der Waals surface area contributed by atoms with Crippen molar-refractivity contribution < 1.29 is 9.47 Å². The summed E-state index contributed by atoms with van der Waals surface area (Å²) in [5.74, 6) is 0. The monoisotopic (exact) mass is 283 g/mol. The topological polar surface area (TPSA) is 30.5 Å². The fraction of sp³-hybridized carbons (Fsp3) is 0.733. The van der Waals surface area contributed by atoms with Gasteiger partial charge in [-0.3, -0.25) is 0 Å². The lowest BCUT2D eigenvalue weighted by Crippen LogP contribution is -2.60. The molecule has 1 aromatic heterocycles. The summed E-state index contributed by atoms with van der Waals surface area (Å²) < 4.78 is 11.9. The zero-order chi connectivity index (χ0) is 13.5. The van der Waals surface area contributed by atoms with Gasteiger partial charge in [-0.15, -0.1) is 11.3 Å². The first-order chi connectivity index (χ1) is 9.35. The maximum absolute atomic E-state index is 5.98. The summed E-state index contributed by atoms with van der Waals surface area (Å²) in [6.45, 7) is 6.92. The van der Waals surface area contributed by atoms with Crippen LogP contribution in [0, 0.1) is 0 Å². The van der Waals surface area contributed by atoms with Gasteiger partial charge in [0.05, 0.1) is 18.8 Å². The van der Waals surface area contributed by atoms with Gasteiger partial charge in [0.25, 0.3) is 0 Å². The van der Waals surface area contributed by atoms with Crippen molar-refractivity contribution in [1.29, 1.82) is 0 Å². The molecule has 3 nitrogen and oxygen atoms in total. The van der Waals surface area contributed by atoms with Crippen molar-refractivity contribution in [2.24, 2.45) is 0 Å². The molecule has 3 atom stereocenters. The Hall–Kier alpha value is -0.420. The second-order valence-electron chi connectivity index (χ2n) is 4.97. The molecule has 1 heterocycles. The lowest BCUT2D eigenvalue weighted by atomic mass is 9.85. The molecular formula is C15H25NO2S. The van der Waals surface area contributed by atoms with Crippen LogP contribution < -0.4 is 5.32 Å². The van der Waals surface area contributed by atoms with Gasteiger partial charge in [0.1, 0.15) is 0 Å². The first-order valence-corrected chi connectivity index (χ1v) is 8.22.